The first-order chi connectivity index (χ1) is 38.0. The van der Waals surface area contributed by atoms with E-state index in [9.17, 15) is 37.1 Å². The van der Waals surface area contributed by atoms with Gasteiger partial charge in [-0.2, -0.15) is 9.97 Å². The number of aromatic nitrogens is 5. The Morgan fingerprint density at radius 3 is 1.89 bits per heavy atom. The largest absolute Gasteiger partial charge is 0.420 e. The molecule has 0 amide bonds. The third-order valence-electron chi connectivity index (χ3n) is 11.3. The van der Waals surface area contributed by atoms with Crippen molar-refractivity contribution >= 4 is 50.6 Å². The van der Waals surface area contributed by atoms with Crippen LogP contribution in [0.15, 0.2) is 18.3 Å². The van der Waals surface area contributed by atoms with Crippen LogP contribution in [0, 0.1) is 22.9 Å². The molecule has 0 bridgehead atoms. The normalized spacial score (nSPS) is 18.0. The molecule has 4 atom stereocenters. The fourth-order valence-corrected chi connectivity index (χ4v) is 10.1. The zero-order chi connectivity index (χ0) is 56.9. The molecule has 446 valence electrons. The summed E-state index contributed by atoms with van der Waals surface area (Å²) in [5.41, 5.74) is 0.962. The van der Waals surface area contributed by atoms with E-state index in [1.807, 2.05) is 0 Å². The minimum Gasteiger partial charge on any atom is -0.420 e. The van der Waals surface area contributed by atoms with Crippen molar-refractivity contribution < 1.29 is 98.8 Å². The molecule has 5 rings (SSSR count). The number of benzene rings is 1. The number of nitrogens with zero attached hydrogens (tertiary/aromatic N) is 7. The SMILES string of the molecule is N=Cc1c(NCCN2CCN(CCOCCOCCOCCOCc3cn(CCOCCOCCOCCOCCC(=O)Oc4c(F)cc(F)cc4F)nn3)CC2)nc(Cl)nc1N[C@H]1C[C@H](O)[C@@H](COP(=O)(O)CP(=O)(O)O)O1. The van der Waals surface area contributed by atoms with Crippen molar-refractivity contribution in [3.8, 4) is 5.75 Å². The maximum Gasteiger partial charge on any atom is 0.340 e. The highest BCUT2D eigenvalue weighted by Crippen LogP contribution is 2.55. The molecular weight excluding hydrogens is 1120 g/mol. The molecule has 34 heteroatoms. The first kappa shape index (κ1) is 65.9. The van der Waals surface area contributed by atoms with E-state index < -0.39 is 75.3 Å². The van der Waals surface area contributed by atoms with E-state index in [1.165, 1.54) is 0 Å². The van der Waals surface area contributed by atoms with Crippen molar-refractivity contribution in [2.24, 2.45) is 0 Å². The predicted molar refractivity (Wildman–Crippen MR) is 274 cm³/mol. The summed E-state index contributed by atoms with van der Waals surface area (Å²) < 4.78 is 124. The molecule has 2 fully saturated rings. The van der Waals surface area contributed by atoms with Gasteiger partial charge in [0.05, 0.1) is 143 Å². The first-order valence-electron chi connectivity index (χ1n) is 25.2. The summed E-state index contributed by atoms with van der Waals surface area (Å²) in [6.45, 7) is 10.8. The number of halogens is 4. The molecule has 28 nitrogen and oxygen atoms in total. The number of carbonyl (C=O) groups excluding carboxylic acids is 1. The average molecular weight is 1190 g/mol. The minimum atomic E-state index is -4.82. The van der Waals surface area contributed by atoms with Gasteiger partial charge in [0, 0.05) is 70.6 Å². The highest BCUT2D eigenvalue weighted by Gasteiger charge is 2.38. The second-order valence-electron chi connectivity index (χ2n) is 17.4. The van der Waals surface area contributed by atoms with Gasteiger partial charge in [-0.15, -0.1) is 5.10 Å². The average Bonchev–Trinajstić information content (AvgIpc) is 4.04. The monoisotopic (exact) mass is 1190 g/mol. The highest BCUT2D eigenvalue weighted by atomic mass is 35.5. The van der Waals surface area contributed by atoms with Gasteiger partial charge in [-0.05, 0) is 11.6 Å². The summed E-state index contributed by atoms with van der Waals surface area (Å²) in [6.07, 6.45) is -0.526. The van der Waals surface area contributed by atoms with Crippen molar-refractivity contribution in [3.05, 3.63) is 52.3 Å². The number of nitrogens with one attached hydrogen (secondary N) is 3. The number of esters is 1. The van der Waals surface area contributed by atoms with E-state index >= 15 is 0 Å². The van der Waals surface area contributed by atoms with Crippen LogP contribution >= 0.6 is 26.8 Å². The zero-order valence-corrected chi connectivity index (χ0v) is 45.9. The van der Waals surface area contributed by atoms with Crippen LogP contribution in [0.4, 0.5) is 24.8 Å². The van der Waals surface area contributed by atoms with Crippen LogP contribution in [-0.2, 0) is 74.2 Å². The maximum atomic E-state index is 13.6. The van der Waals surface area contributed by atoms with Crippen LogP contribution in [0.25, 0.3) is 0 Å². The van der Waals surface area contributed by atoms with Crippen molar-refractivity contribution in [2.75, 3.05) is 168 Å². The Labute approximate surface area is 458 Å². The molecule has 0 saturated carbocycles. The van der Waals surface area contributed by atoms with Gasteiger partial charge in [0.15, 0.2) is 17.5 Å². The summed E-state index contributed by atoms with van der Waals surface area (Å²) in [5.74, 6) is -6.54. The number of aliphatic hydroxyl groups is 1. The fraction of sp³-hybridized carbons (Fsp3) is 0.689. The molecule has 2 aliphatic heterocycles. The van der Waals surface area contributed by atoms with E-state index in [1.54, 1.807) is 10.9 Å². The number of anilines is 2. The van der Waals surface area contributed by atoms with Crippen LogP contribution in [0.1, 0.15) is 24.1 Å². The summed E-state index contributed by atoms with van der Waals surface area (Å²) in [7, 11) is -9.47. The molecule has 2 aliphatic rings. The van der Waals surface area contributed by atoms with Crippen molar-refractivity contribution in [1.29, 1.82) is 5.41 Å². The molecule has 7 N–H and O–H groups in total. The van der Waals surface area contributed by atoms with Gasteiger partial charge >= 0.3 is 21.2 Å². The van der Waals surface area contributed by atoms with Crippen LogP contribution in [0.2, 0.25) is 5.28 Å². The lowest BCUT2D eigenvalue weighted by Gasteiger charge is -2.34. The molecule has 0 spiro atoms. The van der Waals surface area contributed by atoms with Gasteiger partial charge in [-0.3, -0.25) is 23.7 Å². The second-order valence-corrected chi connectivity index (χ2v) is 21.8. The van der Waals surface area contributed by atoms with E-state index in [-0.39, 0.29) is 55.9 Å². The highest BCUT2D eigenvalue weighted by molar-refractivity contribution is 7.70. The third kappa shape index (κ3) is 26.7. The number of hydrogen-bond acceptors (Lipinski definition) is 24. The van der Waals surface area contributed by atoms with Crippen molar-refractivity contribution in [1.82, 2.24) is 34.8 Å². The Hall–Kier alpha value is -3.92. The van der Waals surface area contributed by atoms with Crippen LogP contribution in [0.3, 0.4) is 0 Å². The van der Waals surface area contributed by atoms with E-state index in [0.717, 1.165) is 38.9 Å². The lowest BCUT2D eigenvalue weighted by Crippen LogP contribution is -2.48. The van der Waals surface area contributed by atoms with Crippen LogP contribution < -0.4 is 15.4 Å². The van der Waals surface area contributed by atoms with E-state index in [4.69, 9.17) is 74.0 Å². The maximum absolute atomic E-state index is 13.6. The summed E-state index contributed by atoms with van der Waals surface area (Å²) in [4.78, 5) is 52.6. The van der Waals surface area contributed by atoms with Gasteiger partial charge in [0.25, 0.3) is 0 Å². The fourth-order valence-electron chi connectivity index (χ4n) is 7.39. The Morgan fingerprint density at radius 1 is 0.772 bits per heavy atom. The lowest BCUT2D eigenvalue weighted by atomic mass is 10.2. The molecule has 1 aromatic carbocycles. The smallest absolute Gasteiger partial charge is 0.340 e. The molecule has 3 aromatic rings. The molecule has 2 saturated heterocycles. The second kappa shape index (κ2) is 35.8. The summed E-state index contributed by atoms with van der Waals surface area (Å²) in [5, 5.41) is 32.7. The molecular formula is C45H70ClF3N10O18P2. The lowest BCUT2D eigenvalue weighted by molar-refractivity contribution is -0.136. The Kier molecular flexibility index (Phi) is 29.9. The number of carbonyl (C=O) groups is 1. The van der Waals surface area contributed by atoms with Crippen LogP contribution in [-0.4, -0.2) is 243 Å². The first-order valence-corrected chi connectivity index (χ1v) is 29.1. The van der Waals surface area contributed by atoms with Gasteiger partial charge in [-0.1, -0.05) is 5.21 Å². The van der Waals surface area contributed by atoms with Gasteiger partial charge < -0.3 is 87.7 Å². The Bertz CT molecular complexity index is 2360. The van der Waals surface area contributed by atoms with Gasteiger partial charge in [-0.25, -0.2) is 17.9 Å². The Balaban J connectivity index is 0.768. The number of piperazine rings is 1. The van der Waals surface area contributed by atoms with Gasteiger partial charge in [0.1, 0.15) is 35.5 Å². The van der Waals surface area contributed by atoms with Gasteiger partial charge in [0.2, 0.25) is 11.0 Å². The molecule has 0 aliphatic carbocycles. The molecule has 1 unspecified atom stereocenters. The number of ether oxygens (including phenoxy) is 10. The molecule has 0 radical (unpaired) electrons. The van der Waals surface area contributed by atoms with Crippen molar-refractivity contribution in [3.63, 3.8) is 0 Å². The number of rotatable bonds is 42. The number of hydrogen-bond donors (Lipinski definition) is 7. The molecule has 2 aromatic heterocycles. The van der Waals surface area contributed by atoms with E-state index in [2.05, 4.69) is 45.5 Å². The molecule has 4 heterocycles. The number of aliphatic hydroxyl groups excluding tert-OH is 1. The van der Waals surface area contributed by atoms with E-state index in [0.29, 0.717) is 123 Å². The quantitative estimate of drug-likeness (QED) is 0.0106. The Morgan fingerprint density at radius 2 is 1.30 bits per heavy atom. The molecule has 79 heavy (non-hydrogen) atoms. The predicted octanol–water partition coefficient (Wildman–Crippen LogP) is 1.72. The zero-order valence-electron chi connectivity index (χ0n) is 43.4. The minimum absolute atomic E-state index is 0.00687. The standard InChI is InChI=1S/C45H70ClF3N10O18P2/c46-45-53-43(35(28-50)44(54-45)52-40-27-38(60)39(76-40)31-75-79(65,66)32-78(62,63)64)51-2-3-57-4-6-58(7-5-57)8-11-68-14-17-71-21-22-73-23-24-74-30-34-29-59(56-55-34)9-12-69-15-18-72-20-19-70-16-13-67-10-1-41(61)77-42-36(48)25-33(47)26-37(42)49/h25-26,28-29,38-40,50,60H,1-24,27,30-32H2,(H,65,66)(H2,62,63,64)(H2,51,52,53,54)/t38-,39+,40+/m0/s1. The summed E-state index contributed by atoms with van der Waals surface area (Å²) >= 11 is 6.21. The summed E-state index contributed by atoms with van der Waals surface area (Å²) in [6, 6.07) is 0.834. The van der Waals surface area contributed by atoms with Crippen molar-refractivity contribution in [2.45, 2.75) is 44.4 Å². The van der Waals surface area contributed by atoms with Crippen LogP contribution in [0.5, 0.6) is 5.75 Å². The third-order valence-corrected chi connectivity index (χ3v) is 14.9. The topological polar surface area (TPSA) is 345 Å².